The number of hydrogen-bond acceptors (Lipinski definition) is 5. The summed E-state index contributed by atoms with van der Waals surface area (Å²) in [5.41, 5.74) is 9.56. The van der Waals surface area contributed by atoms with E-state index in [1.54, 1.807) is 7.11 Å². The molecule has 0 spiro atoms. The van der Waals surface area contributed by atoms with Crippen LogP contribution >= 0.6 is 0 Å². The molecule has 110 valence electrons. The van der Waals surface area contributed by atoms with Crippen LogP contribution in [-0.4, -0.2) is 30.2 Å². The molecule has 0 bridgehead atoms. The molecule has 1 aliphatic rings. The van der Waals surface area contributed by atoms with Gasteiger partial charge in [-0.1, -0.05) is 24.3 Å². The standard InChI is InChI=1S/C16H20N4O/c1-11-9-15(21-2)19-16(18-11)20-8-7-12-5-3-4-6-13(12)14(20)10-17/h3-6,9,14H,7-8,10,17H2,1-2H3. The van der Waals surface area contributed by atoms with E-state index in [9.17, 15) is 0 Å². The predicted molar refractivity (Wildman–Crippen MR) is 82.6 cm³/mol. The minimum Gasteiger partial charge on any atom is -0.481 e. The Morgan fingerprint density at radius 2 is 2.14 bits per heavy atom. The van der Waals surface area contributed by atoms with E-state index < -0.39 is 0 Å². The lowest BCUT2D eigenvalue weighted by atomic mass is 9.93. The van der Waals surface area contributed by atoms with Crippen LogP contribution in [0.4, 0.5) is 5.95 Å². The minimum atomic E-state index is 0.112. The molecular weight excluding hydrogens is 264 g/mol. The Labute approximate surface area is 124 Å². The second-order valence-corrected chi connectivity index (χ2v) is 5.25. The SMILES string of the molecule is COc1cc(C)nc(N2CCc3ccccc3C2CN)n1. The van der Waals surface area contributed by atoms with Crippen molar-refractivity contribution in [1.29, 1.82) is 0 Å². The van der Waals surface area contributed by atoms with Crippen molar-refractivity contribution in [3.8, 4) is 5.88 Å². The molecule has 1 aromatic heterocycles. The number of methoxy groups -OCH3 is 1. The second kappa shape index (κ2) is 5.69. The van der Waals surface area contributed by atoms with E-state index in [0.29, 0.717) is 18.4 Å². The van der Waals surface area contributed by atoms with Crippen molar-refractivity contribution in [2.75, 3.05) is 25.1 Å². The first-order valence-corrected chi connectivity index (χ1v) is 7.17. The van der Waals surface area contributed by atoms with Crippen LogP contribution in [0.5, 0.6) is 5.88 Å². The number of hydrogen-bond donors (Lipinski definition) is 1. The minimum absolute atomic E-state index is 0.112. The van der Waals surface area contributed by atoms with Crippen LogP contribution in [0.25, 0.3) is 0 Å². The highest BCUT2D eigenvalue weighted by Gasteiger charge is 2.28. The molecule has 0 saturated heterocycles. The summed E-state index contributed by atoms with van der Waals surface area (Å²) in [7, 11) is 1.62. The molecule has 0 radical (unpaired) electrons. The lowest BCUT2D eigenvalue weighted by Crippen LogP contribution is -2.40. The molecule has 0 aliphatic carbocycles. The molecule has 5 heteroatoms. The van der Waals surface area contributed by atoms with Crippen LogP contribution in [0.15, 0.2) is 30.3 Å². The van der Waals surface area contributed by atoms with Gasteiger partial charge in [-0.25, -0.2) is 4.98 Å². The molecule has 3 rings (SSSR count). The van der Waals surface area contributed by atoms with Crippen molar-refractivity contribution in [2.45, 2.75) is 19.4 Å². The Bertz CT molecular complexity index is 644. The van der Waals surface area contributed by atoms with Crippen LogP contribution < -0.4 is 15.4 Å². The topological polar surface area (TPSA) is 64.3 Å². The van der Waals surface area contributed by atoms with Crippen LogP contribution in [-0.2, 0) is 6.42 Å². The molecule has 2 heterocycles. The molecule has 21 heavy (non-hydrogen) atoms. The molecule has 2 N–H and O–H groups in total. The van der Waals surface area contributed by atoms with Gasteiger partial charge in [0.25, 0.3) is 0 Å². The molecule has 1 unspecified atom stereocenters. The van der Waals surface area contributed by atoms with Crippen molar-refractivity contribution in [3.05, 3.63) is 47.2 Å². The highest BCUT2D eigenvalue weighted by Crippen LogP contribution is 2.32. The van der Waals surface area contributed by atoms with Crippen LogP contribution in [0.2, 0.25) is 0 Å². The molecule has 0 fully saturated rings. The van der Waals surface area contributed by atoms with Gasteiger partial charge in [-0.3, -0.25) is 0 Å². The first kappa shape index (κ1) is 13.8. The number of aryl methyl sites for hydroxylation is 1. The average Bonchev–Trinajstić information content (AvgIpc) is 2.53. The summed E-state index contributed by atoms with van der Waals surface area (Å²) >= 11 is 0. The van der Waals surface area contributed by atoms with Crippen molar-refractivity contribution in [2.24, 2.45) is 5.73 Å². The molecule has 2 aromatic rings. The maximum absolute atomic E-state index is 6.03. The van der Waals surface area contributed by atoms with Crippen molar-refractivity contribution in [3.63, 3.8) is 0 Å². The zero-order chi connectivity index (χ0) is 14.8. The highest BCUT2D eigenvalue weighted by atomic mass is 16.5. The number of benzene rings is 1. The summed E-state index contributed by atoms with van der Waals surface area (Å²) in [6.07, 6.45) is 0.978. The molecule has 1 aliphatic heterocycles. The van der Waals surface area contributed by atoms with E-state index in [1.807, 2.05) is 13.0 Å². The number of rotatable bonds is 3. The third kappa shape index (κ3) is 2.56. The molecular formula is C16H20N4O. The molecule has 0 amide bonds. The van der Waals surface area contributed by atoms with E-state index >= 15 is 0 Å². The summed E-state index contributed by atoms with van der Waals surface area (Å²) < 4.78 is 5.26. The fourth-order valence-electron chi connectivity index (χ4n) is 2.90. The number of anilines is 1. The maximum Gasteiger partial charge on any atom is 0.229 e. The first-order valence-electron chi connectivity index (χ1n) is 7.17. The van der Waals surface area contributed by atoms with E-state index in [0.717, 1.165) is 18.7 Å². The lowest BCUT2D eigenvalue weighted by Gasteiger charge is -2.36. The third-order valence-electron chi connectivity index (χ3n) is 3.92. The number of nitrogens with two attached hydrogens (primary N) is 1. The van der Waals surface area contributed by atoms with Crippen molar-refractivity contribution >= 4 is 5.95 Å². The Morgan fingerprint density at radius 1 is 1.33 bits per heavy atom. The fourth-order valence-corrected chi connectivity index (χ4v) is 2.90. The number of fused-ring (bicyclic) bond motifs is 1. The summed E-state index contributed by atoms with van der Waals surface area (Å²) in [6.45, 7) is 3.35. The maximum atomic E-state index is 6.03. The molecule has 0 saturated carbocycles. The lowest BCUT2D eigenvalue weighted by molar-refractivity contribution is 0.395. The monoisotopic (exact) mass is 284 g/mol. The van der Waals surface area contributed by atoms with E-state index in [2.05, 4.69) is 39.1 Å². The Balaban J connectivity index is 2.01. The Hall–Kier alpha value is -2.14. The normalized spacial score (nSPS) is 17.5. The van der Waals surface area contributed by atoms with Gasteiger partial charge in [0.05, 0.1) is 13.2 Å². The van der Waals surface area contributed by atoms with E-state index in [-0.39, 0.29) is 6.04 Å². The summed E-state index contributed by atoms with van der Waals surface area (Å²) in [6, 6.07) is 10.4. The Kier molecular flexibility index (Phi) is 3.75. The Morgan fingerprint density at radius 3 is 2.90 bits per heavy atom. The van der Waals surface area contributed by atoms with Gasteiger partial charge in [0.2, 0.25) is 11.8 Å². The van der Waals surface area contributed by atoms with Gasteiger partial charge in [0.15, 0.2) is 0 Å². The van der Waals surface area contributed by atoms with Gasteiger partial charge in [-0.05, 0) is 24.5 Å². The molecule has 1 atom stereocenters. The van der Waals surface area contributed by atoms with Gasteiger partial charge in [0.1, 0.15) is 0 Å². The van der Waals surface area contributed by atoms with Gasteiger partial charge < -0.3 is 15.4 Å². The number of nitrogens with zero attached hydrogens (tertiary/aromatic N) is 3. The zero-order valence-electron chi connectivity index (χ0n) is 12.4. The summed E-state index contributed by atoms with van der Waals surface area (Å²) in [5, 5.41) is 0. The zero-order valence-corrected chi connectivity index (χ0v) is 12.4. The van der Waals surface area contributed by atoms with Gasteiger partial charge >= 0.3 is 0 Å². The molecule has 1 aromatic carbocycles. The van der Waals surface area contributed by atoms with Crippen LogP contribution in [0.3, 0.4) is 0 Å². The smallest absolute Gasteiger partial charge is 0.229 e. The van der Waals surface area contributed by atoms with Crippen molar-refractivity contribution in [1.82, 2.24) is 9.97 Å². The van der Waals surface area contributed by atoms with Crippen LogP contribution in [0, 0.1) is 6.92 Å². The van der Waals surface area contributed by atoms with Gasteiger partial charge in [-0.15, -0.1) is 0 Å². The second-order valence-electron chi connectivity index (χ2n) is 5.25. The summed E-state index contributed by atoms with van der Waals surface area (Å²) in [5.74, 6) is 1.28. The van der Waals surface area contributed by atoms with E-state index in [4.69, 9.17) is 10.5 Å². The third-order valence-corrected chi connectivity index (χ3v) is 3.92. The highest BCUT2D eigenvalue weighted by molar-refractivity contribution is 5.45. The predicted octanol–water partition coefficient (Wildman–Crippen LogP) is 1.86. The van der Waals surface area contributed by atoms with E-state index in [1.165, 1.54) is 11.1 Å². The van der Waals surface area contributed by atoms with Crippen LogP contribution in [0.1, 0.15) is 22.9 Å². The summed E-state index contributed by atoms with van der Waals surface area (Å²) in [4.78, 5) is 11.2. The average molecular weight is 284 g/mol. The molecule has 5 nitrogen and oxygen atoms in total. The van der Waals surface area contributed by atoms with Gasteiger partial charge in [-0.2, -0.15) is 4.98 Å². The quantitative estimate of drug-likeness (QED) is 0.932. The number of ether oxygens (including phenoxy) is 1. The fraction of sp³-hybridized carbons (Fsp3) is 0.375. The number of aromatic nitrogens is 2. The van der Waals surface area contributed by atoms with Gasteiger partial charge in [0, 0.05) is 24.8 Å². The first-order chi connectivity index (χ1) is 10.2. The largest absolute Gasteiger partial charge is 0.481 e. The van der Waals surface area contributed by atoms with Crippen molar-refractivity contribution < 1.29 is 4.74 Å².